The molecule has 25 heavy (non-hydrogen) atoms. The summed E-state index contributed by atoms with van der Waals surface area (Å²) in [5.74, 6) is 0.953. The molecule has 2 aromatic heterocycles. The van der Waals surface area contributed by atoms with Gasteiger partial charge in [0.05, 0.1) is 4.92 Å². The first-order valence-electron chi connectivity index (χ1n) is 8.05. The van der Waals surface area contributed by atoms with Crippen molar-refractivity contribution in [2.45, 2.75) is 13.5 Å². The first-order valence-corrected chi connectivity index (χ1v) is 8.05. The summed E-state index contributed by atoms with van der Waals surface area (Å²) in [6.07, 6.45) is 3.68. The molecule has 7 nitrogen and oxygen atoms in total. The van der Waals surface area contributed by atoms with Gasteiger partial charge in [0, 0.05) is 37.1 Å². The first-order chi connectivity index (χ1) is 12.1. The number of pyridine rings is 1. The van der Waals surface area contributed by atoms with E-state index in [2.05, 4.69) is 22.3 Å². The summed E-state index contributed by atoms with van der Waals surface area (Å²) in [7, 11) is 0. The number of anilines is 1. The molecule has 0 spiro atoms. The fourth-order valence-corrected chi connectivity index (χ4v) is 2.58. The van der Waals surface area contributed by atoms with Gasteiger partial charge >= 0.3 is 0 Å². The van der Waals surface area contributed by atoms with Gasteiger partial charge < -0.3 is 5.32 Å². The van der Waals surface area contributed by atoms with Crippen molar-refractivity contribution in [2.75, 3.05) is 11.9 Å². The third-order valence-electron chi connectivity index (χ3n) is 3.81. The average molecular weight is 337 g/mol. The standard InChI is InChI=1S/C18H19N5O2/c1-14(13-22-11-5-10-20-22)12-19-17-9-8-16(23(24)25)18(21-17)15-6-3-2-4-7-15/h2-11,14H,12-13H2,1H3,(H,19,21). The zero-order chi connectivity index (χ0) is 17.6. The summed E-state index contributed by atoms with van der Waals surface area (Å²) >= 11 is 0. The fourth-order valence-electron chi connectivity index (χ4n) is 2.58. The first kappa shape index (κ1) is 16.6. The maximum atomic E-state index is 11.3. The van der Waals surface area contributed by atoms with Crippen LogP contribution in [0, 0.1) is 16.0 Å². The van der Waals surface area contributed by atoms with Crippen LogP contribution in [0.1, 0.15) is 6.92 Å². The lowest BCUT2D eigenvalue weighted by molar-refractivity contribution is -0.384. The molecule has 0 aliphatic carbocycles. The molecule has 0 saturated carbocycles. The number of rotatable bonds is 7. The highest BCUT2D eigenvalue weighted by Gasteiger charge is 2.17. The second-order valence-corrected chi connectivity index (χ2v) is 5.90. The number of hydrogen-bond acceptors (Lipinski definition) is 5. The molecule has 0 radical (unpaired) electrons. The quantitative estimate of drug-likeness (QED) is 0.526. The van der Waals surface area contributed by atoms with Crippen LogP contribution in [0.5, 0.6) is 0 Å². The van der Waals surface area contributed by atoms with E-state index in [4.69, 9.17) is 0 Å². The minimum atomic E-state index is -0.403. The van der Waals surface area contributed by atoms with E-state index in [9.17, 15) is 10.1 Å². The molecule has 128 valence electrons. The second-order valence-electron chi connectivity index (χ2n) is 5.90. The van der Waals surface area contributed by atoms with Crippen LogP contribution in [-0.4, -0.2) is 26.2 Å². The van der Waals surface area contributed by atoms with E-state index in [0.29, 0.717) is 24.0 Å². The largest absolute Gasteiger partial charge is 0.370 e. The van der Waals surface area contributed by atoms with Crippen molar-refractivity contribution in [3.63, 3.8) is 0 Å². The SMILES string of the molecule is CC(CNc1ccc([N+](=O)[O-])c(-c2ccccc2)n1)Cn1cccn1. The van der Waals surface area contributed by atoms with Crippen molar-refractivity contribution in [1.82, 2.24) is 14.8 Å². The highest BCUT2D eigenvalue weighted by molar-refractivity contribution is 5.71. The molecule has 0 amide bonds. The van der Waals surface area contributed by atoms with Crippen LogP contribution in [0.3, 0.4) is 0 Å². The molecule has 3 rings (SSSR count). The van der Waals surface area contributed by atoms with E-state index in [-0.39, 0.29) is 5.69 Å². The molecule has 0 bridgehead atoms. The molecule has 7 heteroatoms. The maximum absolute atomic E-state index is 11.3. The van der Waals surface area contributed by atoms with Gasteiger partial charge in [-0.2, -0.15) is 5.10 Å². The molecule has 0 saturated heterocycles. The Hall–Kier alpha value is -3.22. The fraction of sp³-hybridized carbons (Fsp3) is 0.222. The van der Waals surface area contributed by atoms with Crippen LogP contribution in [0.25, 0.3) is 11.3 Å². The Labute approximate surface area is 145 Å². The molecule has 1 aromatic carbocycles. The van der Waals surface area contributed by atoms with Gasteiger partial charge in [0.1, 0.15) is 5.82 Å². The number of hydrogen-bond donors (Lipinski definition) is 1. The summed E-state index contributed by atoms with van der Waals surface area (Å²) in [6, 6.07) is 14.2. The normalized spacial score (nSPS) is 11.9. The Kier molecular flexibility index (Phi) is 5.03. The Morgan fingerprint density at radius 2 is 2.00 bits per heavy atom. The van der Waals surface area contributed by atoms with Crippen LogP contribution >= 0.6 is 0 Å². The Morgan fingerprint density at radius 3 is 2.68 bits per heavy atom. The minimum Gasteiger partial charge on any atom is -0.370 e. The second kappa shape index (κ2) is 7.57. The topological polar surface area (TPSA) is 85.9 Å². The van der Waals surface area contributed by atoms with E-state index >= 15 is 0 Å². The number of benzene rings is 1. The van der Waals surface area contributed by atoms with Gasteiger partial charge in [0.15, 0.2) is 5.69 Å². The summed E-state index contributed by atoms with van der Waals surface area (Å²) in [6.45, 7) is 3.59. The van der Waals surface area contributed by atoms with Crippen LogP contribution in [0.4, 0.5) is 11.5 Å². The number of nitrogens with zero attached hydrogens (tertiary/aromatic N) is 4. The maximum Gasteiger partial charge on any atom is 0.295 e. The minimum absolute atomic E-state index is 0.00124. The number of nitro groups is 1. The van der Waals surface area contributed by atoms with Gasteiger partial charge in [-0.1, -0.05) is 37.3 Å². The Morgan fingerprint density at radius 1 is 1.20 bits per heavy atom. The van der Waals surface area contributed by atoms with E-state index in [1.165, 1.54) is 6.07 Å². The van der Waals surface area contributed by atoms with Crippen molar-refractivity contribution < 1.29 is 4.92 Å². The summed E-state index contributed by atoms with van der Waals surface area (Å²) < 4.78 is 1.88. The molecule has 1 unspecified atom stereocenters. The molecule has 0 fully saturated rings. The molecule has 1 N–H and O–H groups in total. The van der Waals surface area contributed by atoms with Crippen molar-refractivity contribution in [1.29, 1.82) is 0 Å². The van der Waals surface area contributed by atoms with Crippen LogP contribution in [0.2, 0.25) is 0 Å². The smallest absolute Gasteiger partial charge is 0.295 e. The van der Waals surface area contributed by atoms with Gasteiger partial charge in [0.25, 0.3) is 5.69 Å². The van der Waals surface area contributed by atoms with Gasteiger partial charge in [-0.3, -0.25) is 14.8 Å². The lowest BCUT2D eigenvalue weighted by Crippen LogP contribution is -2.18. The lowest BCUT2D eigenvalue weighted by atomic mass is 10.1. The molecule has 0 aliphatic rings. The monoisotopic (exact) mass is 337 g/mol. The third kappa shape index (κ3) is 4.20. The van der Waals surface area contributed by atoms with Gasteiger partial charge in [-0.05, 0) is 18.1 Å². The molecule has 2 heterocycles. The number of nitrogens with one attached hydrogen (secondary N) is 1. The summed E-state index contributed by atoms with van der Waals surface area (Å²) in [4.78, 5) is 15.3. The van der Waals surface area contributed by atoms with E-state index in [1.54, 1.807) is 12.3 Å². The lowest BCUT2D eigenvalue weighted by Gasteiger charge is -2.14. The van der Waals surface area contributed by atoms with Crippen LogP contribution in [-0.2, 0) is 6.54 Å². The zero-order valence-electron chi connectivity index (χ0n) is 13.9. The van der Waals surface area contributed by atoms with E-state index in [0.717, 1.165) is 12.1 Å². The molecular formula is C18H19N5O2. The Bertz CT molecular complexity index is 834. The molecular weight excluding hydrogens is 318 g/mol. The predicted molar refractivity (Wildman–Crippen MR) is 96.2 cm³/mol. The van der Waals surface area contributed by atoms with E-state index in [1.807, 2.05) is 47.3 Å². The van der Waals surface area contributed by atoms with Gasteiger partial charge in [-0.25, -0.2) is 4.98 Å². The van der Waals surface area contributed by atoms with Gasteiger partial charge in [-0.15, -0.1) is 0 Å². The van der Waals surface area contributed by atoms with Crippen molar-refractivity contribution in [3.8, 4) is 11.3 Å². The highest BCUT2D eigenvalue weighted by Crippen LogP contribution is 2.29. The van der Waals surface area contributed by atoms with Crippen LogP contribution < -0.4 is 5.32 Å². The predicted octanol–water partition coefficient (Wildman–Crippen LogP) is 3.60. The molecule has 3 aromatic rings. The number of aromatic nitrogens is 3. The third-order valence-corrected chi connectivity index (χ3v) is 3.81. The van der Waals surface area contributed by atoms with Crippen molar-refractivity contribution in [3.05, 3.63) is 71.0 Å². The van der Waals surface area contributed by atoms with Crippen molar-refractivity contribution in [2.24, 2.45) is 5.92 Å². The van der Waals surface area contributed by atoms with Crippen LogP contribution in [0.15, 0.2) is 60.9 Å². The van der Waals surface area contributed by atoms with Crippen molar-refractivity contribution >= 4 is 11.5 Å². The Balaban J connectivity index is 1.75. The van der Waals surface area contributed by atoms with E-state index < -0.39 is 4.92 Å². The molecule has 1 atom stereocenters. The zero-order valence-corrected chi connectivity index (χ0v) is 13.9. The summed E-state index contributed by atoms with van der Waals surface area (Å²) in [5, 5.41) is 18.7. The average Bonchev–Trinajstić information content (AvgIpc) is 3.13. The highest BCUT2D eigenvalue weighted by atomic mass is 16.6. The molecule has 0 aliphatic heterocycles. The summed E-state index contributed by atoms with van der Waals surface area (Å²) in [5.41, 5.74) is 1.10. The van der Waals surface area contributed by atoms with Gasteiger partial charge in [0.2, 0.25) is 0 Å².